The summed E-state index contributed by atoms with van der Waals surface area (Å²) in [6, 6.07) is 152. The zero-order chi connectivity index (χ0) is 77.3. The summed E-state index contributed by atoms with van der Waals surface area (Å²) in [6.45, 7) is 13.6. The number of anilines is 12. The van der Waals surface area contributed by atoms with Gasteiger partial charge in [0.15, 0.2) is 0 Å². The van der Waals surface area contributed by atoms with Crippen molar-refractivity contribution in [3.8, 4) is 55.6 Å². The number of rotatable bonds is 15. The number of benzene rings is 17. The molecule has 115 heavy (non-hydrogen) atoms. The quantitative estimate of drug-likeness (QED) is 0.101. The van der Waals surface area contributed by atoms with Crippen LogP contribution in [0.15, 0.2) is 400 Å². The zero-order valence-corrected chi connectivity index (χ0v) is 65.4. The van der Waals surface area contributed by atoms with Crippen molar-refractivity contribution < 1.29 is 0 Å². The zero-order valence-electron chi connectivity index (χ0n) is 65.4. The molecule has 1 unspecified atom stereocenters. The first-order valence-electron chi connectivity index (χ1n) is 40.3. The minimum atomic E-state index is -0.889. The van der Waals surface area contributed by atoms with E-state index in [0.29, 0.717) is 0 Å². The van der Waals surface area contributed by atoms with Crippen LogP contribution in [0.1, 0.15) is 91.7 Å². The number of aryl methyl sites for hydroxylation is 4. The Kier molecular flexibility index (Phi) is 16.3. The van der Waals surface area contributed by atoms with Gasteiger partial charge < -0.3 is 19.6 Å². The van der Waals surface area contributed by atoms with E-state index in [-0.39, 0.29) is 5.41 Å². The lowest BCUT2D eigenvalue weighted by molar-refractivity contribution is 0.660. The summed E-state index contributed by atoms with van der Waals surface area (Å²) in [5.74, 6) is 0. The lowest BCUT2D eigenvalue weighted by Gasteiger charge is -2.36. The fourth-order valence-electron chi connectivity index (χ4n) is 19.8. The molecule has 0 heterocycles. The molecule has 548 valence electrons. The Morgan fingerprint density at radius 3 is 0.930 bits per heavy atom. The highest BCUT2D eigenvalue weighted by Gasteiger charge is 2.54. The molecule has 0 N–H and O–H groups in total. The van der Waals surface area contributed by atoms with E-state index in [1.165, 1.54) is 122 Å². The molecule has 21 rings (SSSR count). The molecule has 4 heteroatoms. The Labute approximate surface area is 675 Å². The molecule has 0 amide bonds. The second-order valence-electron chi connectivity index (χ2n) is 32.2. The van der Waals surface area contributed by atoms with Gasteiger partial charge in [0, 0.05) is 73.7 Å². The van der Waals surface area contributed by atoms with Gasteiger partial charge in [-0.05, 0) is 303 Å². The van der Waals surface area contributed by atoms with Crippen molar-refractivity contribution in [2.45, 2.75) is 57.8 Å². The van der Waals surface area contributed by atoms with E-state index in [2.05, 4.69) is 462 Å². The fourth-order valence-corrected chi connectivity index (χ4v) is 19.8. The van der Waals surface area contributed by atoms with Gasteiger partial charge in [-0.2, -0.15) is 0 Å². The topological polar surface area (TPSA) is 13.0 Å². The molecule has 0 aliphatic heterocycles. The summed E-state index contributed by atoms with van der Waals surface area (Å²) in [4.78, 5) is 9.79. The molecule has 4 aliphatic carbocycles. The molecule has 1 atom stereocenters. The largest absolute Gasteiger partial charge is 0.310 e. The summed E-state index contributed by atoms with van der Waals surface area (Å²) < 4.78 is 0. The van der Waals surface area contributed by atoms with Gasteiger partial charge in [0.25, 0.3) is 0 Å². The van der Waals surface area contributed by atoms with Crippen LogP contribution in [0.4, 0.5) is 68.2 Å². The molecule has 17 aromatic rings. The minimum absolute atomic E-state index is 0.380. The van der Waals surface area contributed by atoms with Crippen LogP contribution in [-0.2, 0) is 16.2 Å². The normalized spacial score (nSPS) is 14.3. The molecule has 0 bridgehead atoms. The molecular formula is C111H84N4. The van der Waals surface area contributed by atoms with Gasteiger partial charge in [-0.25, -0.2) is 0 Å². The van der Waals surface area contributed by atoms with E-state index in [4.69, 9.17) is 0 Å². The molecule has 4 aliphatic rings. The van der Waals surface area contributed by atoms with E-state index in [0.717, 1.165) is 79.4 Å². The summed E-state index contributed by atoms with van der Waals surface area (Å²) >= 11 is 0. The predicted molar refractivity (Wildman–Crippen MR) is 481 cm³/mol. The first kappa shape index (κ1) is 68.9. The number of hydrogen-bond acceptors (Lipinski definition) is 4. The Bertz CT molecular complexity index is 6420. The lowest BCUT2D eigenvalue weighted by Crippen LogP contribution is -2.29. The predicted octanol–water partition coefficient (Wildman–Crippen LogP) is 29.5. The summed E-state index contributed by atoms with van der Waals surface area (Å²) in [5.41, 5.74) is 40.6. The van der Waals surface area contributed by atoms with Crippen LogP contribution in [-0.4, -0.2) is 0 Å². The second kappa shape index (κ2) is 27.1. The number of para-hydroxylation sites is 4. The lowest BCUT2D eigenvalue weighted by atomic mass is 9.66. The van der Waals surface area contributed by atoms with E-state index < -0.39 is 10.8 Å². The highest BCUT2D eigenvalue weighted by molar-refractivity contribution is 6.04. The fraction of sp³-hybridized carbons (Fsp3) is 0.0811. The molecular weight excluding hydrogens is 1390 g/mol. The Morgan fingerprint density at radius 1 is 0.174 bits per heavy atom. The Hall–Kier alpha value is -14.1. The SMILES string of the molecule is Cc1ccc(N(c2ccc(C)cc2)c2ccc3c(c2)C2(c4ccccc4-c4ccccc42)c2cc(N(c4ccc(C)cc4)c4ccc(C)cc4)cc(-c4cccc(C5(c6ccccc6)c6cc(N(c7ccccc7)c7ccccc7)ccc6-c6cc7c(cc65)-c5ccc(N(c6ccccc6)c6ccccc6)cc5C7(C)C)c4)c2-3)cc1. The number of nitrogens with zero attached hydrogens (tertiary/aromatic N) is 4. The van der Waals surface area contributed by atoms with Crippen molar-refractivity contribution >= 4 is 68.2 Å². The summed E-state index contributed by atoms with van der Waals surface area (Å²) in [6.07, 6.45) is 0. The van der Waals surface area contributed by atoms with Crippen LogP contribution < -0.4 is 19.6 Å². The van der Waals surface area contributed by atoms with Crippen LogP contribution in [0.5, 0.6) is 0 Å². The van der Waals surface area contributed by atoms with E-state index in [9.17, 15) is 0 Å². The third-order valence-corrected chi connectivity index (χ3v) is 25.1. The van der Waals surface area contributed by atoms with Crippen LogP contribution >= 0.6 is 0 Å². The van der Waals surface area contributed by atoms with Gasteiger partial charge in [-0.3, -0.25) is 0 Å². The van der Waals surface area contributed by atoms with Gasteiger partial charge in [0.1, 0.15) is 0 Å². The van der Waals surface area contributed by atoms with Gasteiger partial charge in [0.05, 0.1) is 10.8 Å². The molecule has 0 radical (unpaired) electrons. The highest BCUT2D eigenvalue weighted by Crippen LogP contribution is 2.67. The molecule has 0 saturated carbocycles. The molecule has 0 fully saturated rings. The van der Waals surface area contributed by atoms with Crippen LogP contribution in [0.3, 0.4) is 0 Å². The van der Waals surface area contributed by atoms with Gasteiger partial charge in [0.2, 0.25) is 0 Å². The molecule has 0 saturated heterocycles. The van der Waals surface area contributed by atoms with Gasteiger partial charge in [-0.1, -0.05) is 273 Å². The van der Waals surface area contributed by atoms with Gasteiger partial charge >= 0.3 is 0 Å². The van der Waals surface area contributed by atoms with Crippen LogP contribution in [0.2, 0.25) is 0 Å². The second-order valence-corrected chi connectivity index (χ2v) is 32.2. The maximum Gasteiger partial charge on any atom is 0.0727 e. The molecule has 0 aromatic heterocycles. The van der Waals surface area contributed by atoms with E-state index >= 15 is 0 Å². The standard InChI is InChI=1S/C111H84N4/c1-73-43-51-84(52-44-73)114(85-53-45-74(2)46-54-85)90-61-64-96-105(69-90)111(100-41-24-22-39-92(100)93-40-23-25-42-101(93)111)107-70-91(115(86-55-47-75(3)48-56-86)87-57-49-76(4)50-58-87)66-97(108(96)107)77-27-26-30-79(65-77)110(78-28-12-7-13-29-78)104-68-89(113(82-35-18-10-19-36-82)83-37-20-11-21-38-83)60-63-95(104)99-71-103-98(72-106(99)110)94-62-59-88(67-102(94)109(103,5)6)112(80-31-14-8-15-32-80)81-33-16-9-17-34-81/h7-72H,1-6H3. The van der Waals surface area contributed by atoms with Crippen molar-refractivity contribution in [2.24, 2.45) is 0 Å². The number of hydrogen-bond donors (Lipinski definition) is 0. The monoisotopic (exact) mass is 1470 g/mol. The third kappa shape index (κ3) is 10.9. The van der Waals surface area contributed by atoms with Crippen molar-refractivity contribution in [1.29, 1.82) is 0 Å². The summed E-state index contributed by atoms with van der Waals surface area (Å²) in [7, 11) is 0. The maximum atomic E-state index is 2.62. The van der Waals surface area contributed by atoms with Crippen LogP contribution in [0, 0.1) is 27.7 Å². The molecule has 1 spiro atoms. The first-order chi connectivity index (χ1) is 56.4. The highest BCUT2D eigenvalue weighted by atomic mass is 15.2. The average Bonchev–Trinajstić information content (AvgIpc) is 1.53. The molecule has 4 nitrogen and oxygen atoms in total. The van der Waals surface area contributed by atoms with Crippen LogP contribution in [0.25, 0.3) is 55.6 Å². The van der Waals surface area contributed by atoms with E-state index in [1.54, 1.807) is 0 Å². The average molecular weight is 1470 g/mol. The molecule has 17 aromatic carbocycles. The van der Waals surface area contributed by atoms with Gasteiger partial charge in [-0.15, -0.1) is 0 Å². The number of fused-ring (bicyclic) bond motifs is 16. The maximum absolute atomic E-state index is 2.62. The van der Waals surface area contributed by atoms with Crippen molar-refractivity contribution in [1.82, 2.24) is 0 Å². The Morgan fingerprint density at radius 2 is 0.478 bits per heavy atom. The van der Waals surface area contributed by atoms with Crippen molar-refractivity contribution in [3.63, 3.8) is 0 Å². The van der Waals surface area contributed by atoms with Crippen molar-refractivity contribution in [2.75, 3.05) is 19.6 Å². The van der Waals surface area contributed by atoms with Crippen molar-refractivity contribution in [3.05, 3.63) is 478 Å². The third-order valence-electron chi connectivity index (χ3n) is 25.1. The summed E-state index contributed by atoms with van der Waals surface area (Å²) in [5, 5.41) is 0. The Balaban J connectivity index is 0.856. The minimum Gasteiger partial charge on any atom is -0.310 e. The smallest absolute Gasteiger partial charge is 0.0727 e. The first-order valence-corrected chi connectivity index (χ1v) is 40.3. The van der Waals surface area contributed by atoms with E-state index in [1.807, 2.05) is 0 Å².